The third-order valence-electron chi connectivity index (χ3n) is 4.34. The van der Waals surface area contributed by atoms with Gasteiger partial charge in [-0.1, -0.05) is 28.9 Å². The van der Waals surface area contributed by atoms with Crippen molar-refractivity contribution in [3.05, 3.63) is 58.1 Å². The summed E-state index contributed by atoms with van der Waals surface area (Å²) in [5.74, 6) is 2.78. The van der Waals surface area contributed by atoms with E-state index in [0.717, 1.165) is 57.3 Å². The number of benzene rings is 1. The molecule has 23 heavy (non-hydrogen) atoms. The molecule has 0 atom stereocenters. The highest BCUT2D eigenvalue weighted by Crippen LogP contribution is 2.31. The van der Waals surface area contributed by atoms with Crippen molar-refractivity contribution in [2.45, 2.75) is 37.2 Å². The lowest BCUT2D eigenvalue weighted by atomic mass is 9.97. The van der Waals surface area contributed by atoms with E-state index in [0.29, 0.717) is 0 Å². The van der Waals surface area contributed by atoms with Crippen LogP contribution in [0.15, 0.2) is 35.0 Å². The number of hydrogen-bond acceptors (Lipinski definition) is 4. The minimum Gasteiger partial charge on any atom is -0.361 e. The lowest BCUT2D eigenvalue weighted by Gasteiger charge is -2.10. The zero-order valence-corrected chi connectivity index (χ0v) is 14.3. The molecule has 0 N–H and O–H groups in total. The maximum absolute atomic E-state index is 6.39. The first-order valence-corrected chi connectivity index (χ1v) is 9.42. The molecular weight excluding hydrogens is 328 g/mol. The molecule has 0 unspecified atom stereocenters. The molecule has 0 bridgehead atoms. The Bertz CT molecular complexity index is 846. The van der Waals surface area contributed by atoms with Gasteiger partial charge in [0.2, 0.25) is 0 Å². The molecule has 1 aromatic carbocycles. The topological polar surface area (TPSA) is 38.9 Å². The molecule has 3 nitrogen and oxygen atoms in total. The highest BCUT2D eigenvalue weighted by molar-refractivity contribution is 7.97. The standard InChI is InChI=1S/C18H17ClN2OS/c19-15-8-7-12-4-3-9-20-18(12)14(15)10-23-11-16-13-5-1-2-6-17(13)22-21-16/h3-4,7-9H,1-2,5-6,10-11H2. The first-order chi connectivity index (χ1) is 11.3. The lowest BCUT2D eigenvalue weighted by molar-refractivity contribution is 0.369. The Morgan fingerprint density at radius 3 is 3.00 bits per heavy atom. The average molecular weight is 345 g/mol. The normalized spacial score (nSPS) is 14.1. The van der Waals surface area contributed by atoms with Crippen LogP contribution in [0, 0.1) is 0 Å². The number of rotatable bonds is 4. The van der Waals surface area contributed by atoms with Crippen LogP contribution in [0.4, 0.5) is 0 Å². The minimum atomic E-state index is 0.783. The van der Waals surface area contributed by atoms with Crippen molar-refractivity contribution < 1.29 is 4.52 Å². The molecule has 0 saturated carbocycles. The second kappa shape index (κ2) is 6.54. The summed E-state index contributed by atoms with van der Waals surface area (Å²) in [6.07, 6.45) is 6.41. The fraction of sp³-hybridized carbons (Fsp3) is 0.333. The van der Waals surface area contributed by atoms with Gasteiger partial charge in [-0.25, -0.2) is 0 Å². The summed E-state index contributed by atoms with van der Waals surface area (Å²) in [5, 5.41) is 6.18. The SMILES string of the molecule is Clc1ccc2cccnc2c1CSCc1noc2c1CCCC2. The molecule has 0 spiro atoms. The Hall–Kier alpha value is -1.52. The van der Waals surface area contributed by atoms with Crippen LogP contribution in [0.25, 0.3) is 10.9 Å². The molecule has 0 aliphatic heterocycles. The maximum Gasteiger partial charge on any atom is 0.140 e. The molecule has 2 aromatic heterocycles. The van der Waals surface area contributed by atoms with E-state index in [-0.39, 0.29) is 0 Å². The summed E-state index contributed by atoms with van der Waals surface area (Å²) >= 11 is 8.21. The zero-order chi connectivity index (χ0) is 15.6. The predicted molar refractivity (Wildman–Crippen MR) is 94.9 cm³/mol. The van der Waals surface area contributed by atoms with Gasteiger partial charge in [-0.3, -0.25) is 4.98 Å². The Morgan fingerprint density at radius 1 is 1.13 bits per heavy atom. The number of thioether (sulfide) groups is 1. The first kappa shape index (κ1) is 15.0. The van der Waals surface area contributed by atoms with Crippen molar-refractivity contribution in [3.63, 3.8) is 0 Å². The molecule has 0 amide bonds. The second-order valence-corrected chi connectivity index (χ2v) is 7.22. The van der Waals surface area contributed by atoms with Crippen molar-refractivity contribution in [3.8, 4) is 0 Å². The highest BCUT2D eigenvalue weighted by Gasteiger charge is 2.19. The third kappa shape index (κ3) is 2.98. The van der Waals surface area contributed by atoms with Crippen LogP contribution in [-0.2, 0) is 24.3 Å². The van der Waals surface area contributed by atoms with E-state index in [1.807, 2.05) is 36.2 Å². The molecule has 5 heteroatoms. The molecule has 2 heterocycles. The van der Waals surface area contributed by atoms with Crippen LogP contribution < -0.4 is 0 Å². The van der Waals surface area contributed by atoms with E-state index in [9.17, 15) is 0 Å². The summed E-state index contributed by atoms with van der Waals surface area (Å²) in [6, 6.07) is 8.00. The van der Waals surface area contributed by atoms with E-state index < -0.39 is 0 Å². The molecule has 118 valence electrons. The summed E-state index contributed by atoms with van der Waals surface area (Å²) < 4.78 is 5.48. The zero-order valence-electron chi connectivity index (χ0n) is 12.7. The van der Waals surface area contributed by atoms with Gasteiger partial charge in [0.15, 0.2) is 0 Å². The molecule has 4 rings (SSSR count). The van der Waals surface area contributed by atoms with Crippen LogP contribution in [0.3, 0.4) is 0 Å². The van der Waals surface area contributed by atoms with Crippen LogP contribution in [0.1, 0.15) is 35.4 Å². The molecule has 1 aliphatic rings. The van der Waals surface area contributed by atoms with E-state index in [1.54, 1.807) is 0 Å². The smallest absolute Gasteiger partial charge is 0.140 e. The number of pyridine rings is 1. The van der Waals surface area contributed by atoms with E-state index in [4.69, 9.17) is 16.1 Å². The van der Waals surface area contributed by atoms with Crippen LogP contribution in [-0.4, -0.2) is 10.1 Å². The van der Waals surface area contributed by atoms with Gasteiger partial charge in [-0.15, -0.1) is 0 Å². The minimum absolute atomic E-state index is 0.783. The molecule has 1 aliphatic carbocycles. The second-order valence-electron chi connectivity index (χ2n) is 5.83. The number of fused-ring (bicyclic) bond motifs is 2. The van der Waals surface area contributed by atoms with Gasteiger partial charge < -0.3 is 4.52 Å². The molecule has 0 fully saturated rings. The van der Waals surface area contributed by atoms with Crippen molar-refractivity contribution in [1.82, 2.24) is 10.1 Å². The molecule has 0 saturated heterocycles. The quantitative estimate of drug-likeness (QED) is 0.653. The lowest BCUT2D eigenvalue weighted by Crippen LogP contribution is -2.01. The van der Waals surface area contributed by atoms with Gasteiger partial charge in [-0.05, 0) is 31.4 Å². The largest absolute Gasteiger partial charge is 0.361 e. The van der Waals surface area contributed by atoms with Crippen LogP contribution >= 0.6 is 23.4 Å². The number of nitrogens with zero attached hydrogens (tertiary/aromatic N) is 2. The highest BCUT2D eigenvalue weighted by atomic mass is 35.5. The Morgan fingerprint density at radius 2 is 2.04 bits per heavy atom. The van der Waals surface area contributed by atoms with Crippen LogP contribution in [0.2, 0.25) is 5.02 Å². The van der Waals surface area contributed by atoms with Gasteiger partial charge in [0.1, 0.15) is 5.76 Å². The Balaban J connectivity index is 1.52. The fourth-order valence-electron chi connectivity index (χ4n) is 3.13. The molecule has 0 radical (unpaired) electrons. The maximum atomic E-state index is 6.39. The van der Waals surface area contributed by atoms with E-state index in [2.05, 4.69) is 16.2 Å². The number of aromatic nitrogens is 2. The van der Waals surface area contributed by atoms with E-state index >= 15 is 0 Å². The predicted octanol–water partition coefficient (Wildman–Crippen LogP) is 5.19. The average Bonchev–Trinajstić information content (AvgIpc) is 3.00. The summed E-state index contributed by atoms with van der Waals surface area (Å²) in [7, 11) is 0. The third-order valence-corrected chi connectivity index (χ3v) is 5.66. The Labute approximate surface area is 144 Å². The van der Waals surface area contributed by atoms with Gasteiger partial charge >= 0.3 is 0 Å². The monoisotopic (exact) mass is 344 g/mol. The van der Waals surface area contributed by atoms with Crippen molar-refractivity contribution in [2.75, 3.05) is 0 Å². The van der Waals surface area contributed by atoms with Crippen molar-refractivity contribution in [1.29, 1.82) is 0 Å². The van der Waals surface area contributed by atoms with Crippen LogP contribution in [0.5, 0.6) is 0 Å². The summed E-state index contributed by atoms with van der Waals surface area (Å²) in [5.41, 5.74) is 4.54. The molecule has 3 aromatic rings. The fourth-order valence-corrected chi connectivity index (χ4v) is 4.45. The number of aryl methyl sites for hydroxylation is 1. The van der Waals surface area contributed by atoms with Gasteiger partial charge in [-0.2, -0.15) is 11.8 Å². The van der Waals surface area contributed by atoms with Gasteiger partial charge in [0, 0.05) is 45.7 Å². The number of hydrogen-bond donors (Lipinski definition) is 0. The summed E-state index contributed by atoms with van der Waals surface area (Å²) in [4.78, 5) is 4.50. The van der Waals surface area contributed by atoms with Gasteiger partial charge in [0.25, 0.3) is 0 Å². The summed E-state index contributed by atoms with van der Waals surface area (Å²) in [6.45, 7) is 0. The first-order valence-electron chi connectivity index (χ1n) is 7.89. The number of halogens is 1. The van der Waals surface area contributed by atoms with Crippen molar-refractivity contribution >= 4 is 34.3 Å². The van der Waals surface area contributed by atoms with Crippen molar-refractivity contribution in [2.24, 2.45) is 0 Å². The molecular formula is C18H17ClN2OS. The van der Waals surface area contributed by atoms with E-state index in [1.165, 1.54) is 18.4 Å². The Kier molecular flexibility index (Phi) is 4.27. The van der Waals surface area contributed by atoms with Gasteiger partial charge in [0.05, 0.1) is 11.2 Å².